The van der Waals surface area contributed by atoms with E-state index in [1.165, 1.54) is 22.4 Å². The van der Waals surface area contributed by atoms with Crippen LogP contribution in [0.4, 0.5) is 0 Å². The predicted octanol–water partition coefficient (Wildman–Crippen LogP) is 3.81. The molecule has 88 valence electrons. The Hall–Kier alpha value is -1.76. The van der Waals surface area contributed by atoms with E-state index in [0.717, 1.165) is 19.3 Å². The smallest absolute Gasteiger partial charge is 0.0449 e. The van der Waals surface area contributed by atoms with Gasteiger partial charge in [-0.25, -0.2) is 0 Å². The number of rotatable bonds is 3. The van der Waals surface area contributed by atoms with E-state index in [4.69, 9.17) is 0 Å². The SMILES string of the molecule is C=CC1=C(/C(NC)=C2/C=CC=CC2)C=CCC1. The maximum atomic E-state index is 3.92. The lowest BCUT2D eigenvalue weighted by Gasteiger charge is -2.19. The van der Waals surface area contributed by atoms with Crippen molar-refractivity contribution in [3.05, 3.63) is 71.5 Å². The molecule has 0 aromatic rings. The first-order valence-electron chi connectivity index (χ1n) is 6.13. The van der Waals surface area contributed by atoms with Crippen molar-refractivity contribution in [2.45, 2.75) is 19.3 Å². The number of hydrogen-bond acceptors (Lipinski definition) is 1. The molecule has 0 bridgehead atoms. The molecule has 0 saturated heterocycles. The van der Waals surface area contributed by atoms with Gasteiger partial charge in [0.1, 0.15) is 0 Å². The van der Waals surface area contributed by atoms with Crippen molar-refractivity contribution in [3.8, 4) is 0 Å². The largest absolute Gasteiger partial charge is 0.387 e. The maximum Gasteiger partial charge on any atom is 0.0449 e. The van der Waals surface area contributed by atoms with Gasteiger partial charge in [-0.05, 0) is 30.4 Å². The highest BCUT2D eigenvalue weighted by Crippen LogP contribution is 2.28. The standard InChI is InChI=1S/C16H19N/c1-3-13-9-7-8-12-15(13)16(17-2)14-10-5-4-6-11-14/h3-6,8,10,12,17H,1,7,9,11H2,2H3/b16-14+. The first kappa shape index (κ1) is 11.7. The minimum absolute atomic E-state index is 0.994. The van der Waals surface area contributed by atoms with Gasteiger partial charge in [0.15, 0.2) is 0 Å². The number of allylic oxidation sites excluding steroid dienone is 9. The summed E-state index contributed by atoms with van der Waals surface area (Å²) in [6.45, 7) is 3.92. The minimum atomic E-state index is 0.994. The molecule has 0 aliphatic heterocycles. The fourth-order valence-corrected chi connectivity index (χ4v) is 2.30. The summed E-state index contributed by atoms with van der Waals surface area (Å²) in [6.07, 6.45) is 18.2. The number of likely N-dealkylation sites (N-methyl/N-ethyl adjacent to an activating group) is 1. The van der Waals surface area contributed by atoms with Crippen LogP contribution in [0.3, 0.4) is 0 Å². The summed E-state index contributed by atoms with van der Waals surface area (Å²) in [5.41, 5.74) is 5.21. The summed E-state index contributed by atoms with van der Waals surface area (Å²) in [4.78, 5) is 0. The van der Waals surface area contributed by atoms with Crippen LogP contribution in [-0.4, -0.2) is 7.05 Å². The molecule has 0 aromatic heterocycles. The Kier molecular flexibility index (Phi) is 3.81. The van der Waals surface area contributed by atoms with Crippen LogP contribution < -0.4 is 5.32 Å². The van der Waals surface area contributed by atoms with Gasteiger partial charge >= 0.3 is 0 Å². The molecule has 0 aromatic carbocycles. The third kappa shape index (κ3) is 2.50. The summed E-state index contributed by atoms with van der Waals surface area (Å²) in [5.74, 6) is 0. The predicted molar refractivity (Wildman–Crippen MR) is 74.6 cm³/mol. The summed E-state index contributed by atoms with van der Waals surface area (Å²) >= 11 is 0. The molecule has 0 saturated carbocycles. The highest BCUT2D eigenvalue weighted by molar-refractivity contribution is 5.52. The molecule has 0 atom stereocenters. The van der Waals surface area contributed by atoms with Crippen LogP contribution in [-0.2, 0) is 0 Å². The second-order valence-corrected chi connectivity index (χ2v) is 4.23. The van der Waals surface area contributed by atoms with E-state index < -0.39 is 0 Å². The van der Waals surface area contributed by atoms with Crippen LogP contribution in [0.15, 0.2) is 71.5 Å². The summed E-state index contributed by atoms with van der Waals surface area (Å²) < 4.78 is 0. The van der Waals surface area contributed by atoms with Crippen LogP contribution in [0.5, 0.6) is 0 Å². The molecular formula is C16H19N. The molecule has 0 spiro atoms. The average molecular weight is 225 g/mol. The average Bonchev–Trinajstić information content (AvgIpc) is 2.41. The Balaban J connectivity index is 2.45. The molecule has 0 amide bonds. The van der Waals surface area contributed by atoms with Gasteiger partial charge in [-0.1, -0.05) is 49.1 Å². The van der Waals surface area contributed by atoms with Crippen molar-refractivity contribution in [1.82, 2.24) is 5.32 Å². The third-order valence-corrected chi connectivity index (χ3v) is 3.18. The molecule has 2 aliphatic rings. The second kappa shape index (κ2) is 5.53. The van der Waals surface area contributed by atoms with Gasteiger partial charge in [0.25, 0.3) is 0 Å². The third-order valence-electron chi connectivity index (χ3n) is 3.18. The van der Waals surface area contributed by atoms with E-state index in [2.05, 4.69) is 48.4 Å². The van der Waals surface area contributed by atoms with Gasteiger partial charge in [-0.3, -0.25) is 0 Å². The van der Waals surface area contributed by atoms with Gasteiger partial charge in [-0.2, -0.15) is 0 Å². The van der Waals surface area contributed by atoms with E-state index in [-0.39, 0.29) is 0 Å². The number of hydrogen-bond donors (Lipinski definition) is 1. The van der Waals surface area contributed by atoms with E-state index in [9.17, 15) is 0 Å². The Morgan fingerprint density at radius 1 is 1.29 bits per heavy atom. The topological polar surface area (TPSA) is 12.0 Å². The van der Waals surface area contributed by atoms with E-state index in [1.54, 1.807) is 0 Å². The molecule has 1 N–H and O–H groups in total. The normalized spacial score (nSPS) is 21.7. The zero-order valence-electron chi connectivity index (χ0n) is 10.4. The van der Waals surface area contributed by atoms with Crippen molar-refractivity contribution in [3.63, 3.8) is 0 Å². The van der Waals surface area contributed by atoms with E-state index in [0.29, 0.717) is 0 Å². The summed E-state index contributed by atoms with van der Waals surface area (Å²) in [7, 11) is 1.99. The zero-order valence-corrected chi connectivity index (χ0v) is 10.4. The fourth-order valence-electron chi connectivity index (χ4n) is 2.30. The summed E-state index contributed by atoms with van der Waals surface area (Å²) in [6, 6.07) is 0. The van der Waals surface area contributed by atoms with Crippen molar-refractivity contribution >= 4 is 0 Å². The maximum absolute atomic E-state index is 3.92. The Morgan fingerprint density at radius 3 is 2.82 bits per heavy atom. The lowest BCUT2D eigenvalue weighted by atomic mass is 9.91. The zero-order chi connectivity index (χ0) is 12.1. The molecule has 1 nitrogen and oxygen atoms in total. The van der Waals surface area contributed by atoms with Crippen LogP contribution in [0.25, 0.3) is 0 Å². The molecule has 17 heavy (non-hydrogen) atoms. The molecule has 0 heterocycles. The lowest BCUT2D eigenvalue weighted by molar-refractivity contribution is 0.921. The van der Waals surface area contributed by atoms with Gasteiger partial charge in [0.05, 0.1) is 0 Å². The van der Waals surface area contributed by atoms with Crippen molar-refractivity contribution < 1.29 is 0 Å². The monoisotopic (exact) mass is 225 g/mol. The first-order chi connectivity index (χ1) is 8.36. The fraction of sp³-hybridized carbons (Fsp3) is 0.250. The number of nitrogens with one attached hydrogen (secondary N) is 1. The molecular weight excluding hydrogens is 206 g/mol. The van der Waals surface area contributed by atoms with E-state index >= 15 is 0 Å². The van der Waals surface area contributed by atoms with Crippen molar-refractivity contribution in [1.29, 1.82) is 0 Å². The van der Waals surface area contributed by atoms with Crippen molar-refractivity contribution in [2.75, 3.05) is 7.05 Å². The van der Waals surface area contributed by atoms with Crippen molar-refractivity contribution in [2.24, 2.45) is 0 Å². The molecule has 0 radical (unpaired) electrons. The molecule has 0 fully saturated rings. The molecule has 1 heteroatoms. The first-order valence-corrected chi connectivity index (χ1v) is 6.13. The highest BCUT2D eigenvalue weighted by Gasteiger charge is 2.12. The quantitative estimate of drug-likeness (QED) is 0.770. The van der Waals surface area contributed by atoms with Crippen LogP contribution in [0, 0.1) is 0 Å². The van der Waals surface area contributed by atoms with Crippen LogP contribution in [0.2, 0.25) is 0 Å². The van der Waals surface area contributed by atoms with Gasteiger partial charge in [-0.15, -0.1) is 0 Å². The van der Waals surface area contributed by atoms with Gasteiger partial charge in [0.2, 0.25) is 0 Å². The van der Waals surface area contributed by atoms with Gasteiger partial charge in [0, 0.05) is 18.3 Å². The highest BCUT2D eigenvalue weighted by atomic mass is 14.8. The molecule has 0 unspecified atom stereocenters. The molecule has 2 aliphatic carbocycles. The minimum Gasteiger partial charge on any atom is -0.387 e. The Bertz CT molecular complexity index is 456. The van der Waals surface area contributed by atoms with Crippen LogP contribution in [0.1, 0.15) is 19.3 Å². The summed E-state index contributed by atoms with van der Waals surface area (Å²) in [5, 5.41) is 3.34. The molecule has 2 rings (SSSR count). The van der Waals surface area contributed by atoms with Crippen LogP contribution >= 0.6 is 0 Å². The lowest BCUT2D eigenvalue weighted by Crippen LogP contribution is -2.13. The van der Waals surface area contributed by atoms with E-state index in [1.807, 2.05) is 13.1 Å². The Morgan fingerprint density at radius 2 is 2.18 bits per heavy atom. The van der Waals surface area contributed by atoms with Gasteiger partial charge < -0.3 is 5.32 Å². The second-order valence-electron chi connectivity index (χ2n) is 4.23. The Labute approximate surface area is 104 Å².